The quantitative estimate of drug-likeness (QED) is 0.705. The van der Waals surface area contributed by atoms with Gasteiger partial charge in [-0.25, -0.2) is 4.98 Å². The first-order chi connectivity index (χ1) is 11.4. The molecule has 0 amide bonds. The van der Waals surface area contributed by atoms with E-state index < -0.39 is 5.56 Å². The predicted molar refractivity (Wildman–Crippen MR) is 90.9 cm³/mol. The third kappa shape index (κ3) is 2.44. The van der Waals surface area contributed by atoms with Crippen molar-refractivity contribution < 1.29 is 5.11 Å². The number of nitriles is 1. The minimum atomic E-state index is -0.529. The Hall–Kier alpha value is -3.40. The molecule has 3 rings (SSSR count). The minimum absolute atomic E-state index is 0.00334. The first-order valence-corrected chi connectivity index (χ1v) is 7.25. The van der Waals surface area contributed by atoms with Crippen LogP contribution < -0.4 is 5.56 Å². The zero-order valence-electron chi connectivity index (χ0n) is 13.5. The van der Waals surface area contributed by atoms with Crippen LogP contribution in [0.3, 0.4) is 0 Å². The first-order valence-electron chi connectivity index (χ1n) is 7.25. The van der Waals surface area contributed by atoms with E-state index in [0.717, 1.165) is 21.4 Å². The number of aromatic nitrogens is 3. The van der Waals surface area contributed by atoms with Crippen LogP contribution in [-0.4, -0.2) is 25.9 Å². The Balaban J connectivity index is 2.09. The Morgan fingerprint density at radius 3 is 2.88 bits per heavy atom. The maximum atomic E-state index is 11.9. The number of aliphatic imine (C=N–C) groups is 1. The molecule has 0 saturated carbocycles. The number of aromatic hydroxyl groups is 1. The number of benzene rings is 1. The summed E-state index contributed by atoms with van der Waals surface area (Å²) < 4.78 is 1.04. The molecule has 0 aliphatic carbocycles. The van der Waals surface area contributed by atoms with Crippen LogP contribution in [0.4, 0.5) is 5.69 Å². The summed E-state index contributed by atoms with van der Waals surface area (Å²) in [5, 5.41) is 19.3. The van der Waals surface area contributed by atoms with Crippen LogP contribution in [0.25, 0.3) is 11.0 Å². The van der Waals surface area contributed by atoms with Crippen LogP contribution >= 0.6 is 0 Å². The zero-order chi connectivity index (χ0) is 17.4. The summed E-state index contributed by atoms with van der Waals surface area (Å²) in [6.07, 6.45) is 1.45. The molecule has 1 aromatic carbocycles. The highest BCUT2D eigenvalue weighted by Crippen LogP contribution is 2.22. The number of aryl methyl sites for hydroxylation is 1. The summed E-state index contributed by atoms with van der Waals surface area (Å²) in [5.41, 5.74) is 2.59. The number of pyridine rings is 1. The number of H-pyrrole nitrogens is 1. The molecule has 0 aliphatic rings. The average molecular weight is 321 g/mol. The smallest absolute Gasteiger partial charge is 0.271 e. The minimum Gasteiger partial charge on any atom is -0.494 e. The maximum absolute atomic E-state index is 11.9. The summed E-state index contributed by atoms with van der Waals surface area (Å²) in [4.78, 5) is 23.7. The van der Waals surface area contributed by atoms with E-state index >= 15 is 0 Å². The van der Waals surface area contributed by atoms with Gasteiger partial charge in [-0.1, -0.05) is 0 Å². The van der Waals surface area contributed by atoms with Crippen molar-refractivity contribution in [2.24, 2.45) is 12.0 Å². The Labute approximate surface area is 137 Å². The van der Waals surface area contributed by atoms with E-state index in [1.54, 1.807) is 13.0 Å². The lowest BCUT2D eigenvalue weighted by atomic mass is 10.1. The molecule has 0 aliphatic heterocycles. The van der Waals surface area contributed by atoms with Crippen molar-refractivity contribution in [2.45, 2.75) is 13.8 Å². The number of imidazole rings is 1. The highest BCUT2D eigenvalue weighted by Gasteiger charge is 2.15. The van der Waals surface area contributed by atoms with Crippen LogP contribution in [-0.2, 0) is 7.05 Å². The zero-order valence-corrected chi connectivity index (χ0v) is 13.5. The van der Waals surface area contributed by atoms with Crippen LogP contribution in [0.15, 0.2) is 28.0 Å². The summed E-state index contributed by atoms with van der Waals surface area (Å²) in [7, 11) is 1.41. The van der Waals surface area contributed by atoms with E-state index in [-0.39, 0.29) is 11.4 Å². The molecule has 0 saturated heterocycles. The van der Waals surface area contributed by atoms with Crippen molar-refractivity contribution in [2.75, 3.05) is 0 Å². The molecule has 2 aromatic heterocycles. The fourth-order valence-electron chi connectivity index (χ4n) is 2.54. The van der Waals surface area contributed by atoms with Crippen LogP contribution in [0.2, 0.25) is 0 Å². The Kier molecular flexibility index (Phi) is 3.66. The number of aromatic amines is 1. The summed E-state index contributed by atoms with van der Waals surface area (Å²) >= 11 is 0. The van der Waals surface area contributed by atoms with E-state index in [0.29, 0.717) is 16.8 Å². The Morgan fingerprint density at radius 1 is 1.42 bits per heavy atom. The first kappa shape index (κ1) is 15.5. The summed E-state index contributed by atoms with van der Waals surface area (Å²) in [6, 6.07) is 7.37. The second kappa shape index (κ2) is 5.66. The Bertz CT molecular complexity index is 1080. The molecule has 0 unspecified atom stereocenters. The number of fused-ring (bicyclic) bond motifs is 1. The van der Waals surface area contributed by atoms with Crippen molar-refractivity contribution in [3.8, 4) is 11.9 Å². The molecule has 0 radical (unpaired) electrons. The SMILES string of the molecule is Cc1nc2ccc(N=Cc3c(C)c(C#N)c(=O)n(C)c3O)cc2[nH]1. The van der Waals surface area contributed by atoms with Crippen molar-refractivity contribution in [1.29, 1.82) is 5.26 Å². The van der Waals surface area contributed by atoms with Gasteiger partial charge in [-0.05, 0) is 37.6 Å². The van der Waals surface area contributed by atoms with Gasteiger partial charge in [0, 0.05) is 13.3 Å². The molecule has 2 N–H and O–H groups in total. The van der Waals surface area contributed by atoms with E-state index in [1.165, 1.54) is 13.3 Å². The lowest BCUT2D eigenvalue weighted by Crippen LogP contribution is -2.22. The van der Waals surface area contributed by atoms with Crippen molar-refractivity contribution in [3.05, 3.63) is 51.1 Å². The van der Waals surface area contributed by atoms with Crippen LogP contribution in [0, 0.1) is 25.2 Å². The van der Waals surface area contributed by atoms with Crippen molar-refractivity contribution in [3.63, 3.8) is 0 Å². The molecule has 0 atom stereocenters. The van der Waals surface area contributed by atoms with Gasteiger partial charge >= 0.3 is 0 Å². The van der Waals surface area contributed by atoms with Gasteiger partial charge in [0.2, 0.25) is 5.88 Å². The topological polar surface area (TPSA) is 107 Å². The monoisotopic (exact) mass is 321 g/mol. The van der Waals surface area contributed by atoms with E-state index in [9.17, 15) is 9.90 Å². The third-order valence-electron chi connectivity index (χ3n) is 3.89. The van der Waals surface area contributed by atoms with Gasteiger partial charge in [0.15, 0.2) is 0 Å². The highest BCUT2D eigenvalue weighted by molar-refractivity contribution is 5.88. The largest absolute Gasteiger partial charge is 0.494 e. The molecule has 24 heavy (non-hydrogen) atoms. The highest BCUT2D eigenvalue weighted by atomic mass is 16.3. The second-order valence-electron chi connectivity index (χ2n) is 5.50. The average Bonchev–Trinajstić information content (AvgIpc) is 2.92. The number of rotatable bonds is 2. The maximum Gasteiger partial charge on any atom is 0.271 e. The Morgan fingerprint density at radius 2 is 2.17 bits per heavy atom. The molecule has 0 fully saturated rings. The van der Waals surface area contributed by atoms with Gasteiger partial charge < -0.3 is 10.1 Å². The van der Waals surface area contributed by atoms with Gasteiger partial charge in [0.25, 0.3) is 5.56 Å². The van der Waals surface area contributed by atoms with Gasteiger partial charge in [-0.3, -0.25) is 14.4 Å². The van der Waals surface area contributed by atoms with E-state index in [2.05, 4.69) is 15.0 Å². The normalized spacial score (nSPS) is 11.2. The van der Waals surface area contributed by atoms with E-state index in [4.69, 9.17) is 5.26 Å². The standard InChI is InChI=1S/C17H15N5O2/c1-9-12(7-18)16(23)22(3)17(24)13(9)8-19-11-4-5-14-15(6-11)21-10(2)20-14/h4-6,8,24H,1-3H3,(H,20,21). The van der Waals surface area contributed by atoms with Crippen molar-refractivity contribution >= 4 is 22.9 Å². The lowest BCUT2D eigenvalue weighted by molar-refractivity contribution is 0.421. The molecule has 0 bridgehead atoms. The van der Waals surface area contributed by atoms with E-state index in [1.807, 2.05) is 25.1 Å². The number of hydrogen-bond donors (Lipinski definition) is 2. The number of hydrogen-bond acceptors (Lipinski definition) is 5. The molecule has 0 spiro atoms. The molecular weight excluding hydrogens is 306 g/mol. The van der Waals surface area contributed by atoms with Crippen LogP contribution in [0.5, 0.6) is 5.88 Å². The molecule has 2 heterocycles. The number of nitrogens with one attached hydrogen (secondary N) is 1. The molecular formula is C17H15N5O2. The van der Waals surface area contributed by atoms with Gasteiger partial charge in [-0.15, -0.1) is 0 Å². The van der Waals surface area contributed by atoms with Gasteiger partial charge in [-0.2, -0.15) is 5.26 Å². The van der Waals surface area contributed by atoms with Gasteiger partial charge in [0.05, 0.1) is 22.3 Å². The fourth-order valence-corrected chi connectivity index (χ4v) is 2.54. The molecule has 7 nitrogen and oxygen atoms in total. The van der Waals surface area contributed by atoms with Crippen LogP contribution in [0.1, 0.15) is 22.5 Å². The second-order valence-corrected chi connectivity index (χ2v) is 5.50. The lowest BCUT2D eigenvalue weighted by Gasteiger charge is -2.09. The molecule has 3 aromatic rings. The summed E-state index contributed by atoms with van der Waals surface area (Å²) in [6.45, 7) is 3.49. The third-order valence-corrected chi connectivity index (χ3v) is 3.89. The number of nitrogens with zero attached hydrogens (tertiary/aromatic N) is 4. The summed E-state index contributed by atoms with van der Waals surface area (Å²) in [5.74, 6) is 0.593. The fraction of sp³-hybridized carbons (Fsp3) is 0.176. The molecule has 120 valence electrons. The predicted octanol–water partition coefficient (Wildman–Crippen LogP) is 2.21. The van der Waals surface area contributed by atoms with Gasteiger partial charge in [0.1, 0.15) is 17.5 Å². The molecule has 7 heteroatoms. The van der Waals surface area contributed by atoms with Crippen molar-refractivity contribution in [1.82, 2.24) is 14.5 Å².